The van der Waals surface area contributed by atoms with Crippen LogP contribution in [0.4, 0.5) is 0 Å². The zero-order valence-corrected chi connectivity index (χ0v) is 15.6. The van der Waals surface area contributed by atoms with Gasteiger partial charge in [0.2, 0.25) is 0 Å². The Morgan fingerprint density at radius 2 is 2.28 bits per heavy atom. The molecule has 1 aliphatic rings. The number of hydrogen-bond acceptors (Lipinski definition) is 3. The number of carbonyl (C=O) groups is 1. The molecule has 1 aromatic heterocycles. The second kappa shape index (κ2) is 8.02. The Hall–Kier alpha value is -1.85. The molecule has 1 aromatic carbocycles. The van der Waals surface area contributed by atoms with Crippen LogP contribution in [0.2, 0.25) is 5.02 Å². The standard InChI is InChI=1S/C19H25ClN4O/c1-13-18(20)14(2)24(23-13)10-9-22-19(25)16-6-3-5-15(11-16)17-7-4-8-21-12-17/h3,5-6,11,17,21H,4,7-10,12H2,1-2H3,(H,22,25)/t17-/m1/s1. The zero-order valence-electron chi connectivity index (χ0n) is 14.8. The van der Waals surface area contributed by atoms with E-state index < -0.39 is 0 Å². The molecule has 0 aliphatic carbocycles. The minimum absolute atomic E-state index is 0.0433. The summed E-state index contributed by atoms with van der Waals surface area (Å²) in [6.45, 7) is 7.03. The predicted molar refractivity (Wildman–Crippen MR) is 100 cm³/mol. The van der Waals surface area contributed by atoms with Gasteiger partial charge in [-0.2, -0.15) is 5.10 Å². The molecule has 2 aromatic rings. The Bertz CT molecular complexity index is 750. The SMILES string of the molecule is Cc1nn(CCNC(=O)c2cccc([C@@H]3CCCNC3)c2)c(C)c1Cl. The first kappa shape index (κ1) is 18.0. The molecule has 3 rings (SSSR count). The maximum Gasteiger partial charge on any atom is 0.251 e. The number of halogens is 1. The quantitative estimate of drug-likeness (QED) is 0.861. The van der Waals surface area contributed by atoms with Crippen LogP contribution in [0.3, 0.4) is 0 Å². The number of hydrogen-bond donors (Lipinski definition) is 2. The van der Waals surface area contributed by atoms with Crippen LogP contribution >= 0.6 is 11.6 Å². The minimum atomic E-state index is -0.0433. The van der Waals surface area contributed by atoms with E-state index >= 15 is 0 Å². The van der Waals surface area contributed by atoms with Crippen molar-refractivity contribution in [3.8, 4) is 0 Å². The van der Waals surface area contributed by atoms with Gasteiger partial charge in [0.05, 0.1) is 23.0 Å². The fourth-order valence-corrected chi connectivity index (χ4v) is 3.48. The first-order valence-electron chi connectivity index (χ1n) is 8.84. The van der Waals surface area contributed by atoms with Gasteiger partial charge in [-0.05, 0) is 56.8 Å². The number of rotatable bonds is 5. The summed E-state index contributed by atoms with van der Waals surface area (Å²) in [6, 6.07) is 7.98. The summed E-state index contributed by atoms with van der Waals surface area (Å²) in [5.74, 6) is 0.455. The number of carbonyl (C=O) groups excluding carboxylic acids is 1. The van der Waals surface area contributed by atoms with Crippen LogP contribution in [-0.2, 0) is 6.54 Å². The lowest BCUT2D eigenvalue weighted by Gasteiger charge is -2.23. The third-order valence-corrected chi connectivity index (χ3v) is 5.37. The van der Waals surface area contributed by atoms with Crippen LogP contribution < -0.4 is 10.6 Å². The molecule has 5 nitrogen and oxygen atoms in total. The van der Waals surface area contributed by atoms with E-state index in [-0.39, 0.29) is 5.91 Å². The topological polar surface area (TPSA) is 59.0 Å². The fraction of sp³-hybridized carbons (Fsp3) is 0.474. The zero-order chi connectivity index (χ0) is 17.8. The summed E-state index contributed by atoms with van der Waals surface area (Å²) in [4.78, 5) is 12.4. The van der Waals surface area contributed by atoms with Crippen molar-refractivity contribution in [2.75, 3.05) is 19.6 Å². The van der Waals surface area contributed by atoms with E-state index in [0.717, 1.165) is 30.0 Å². The lowest BCUT2D eigenvalue weighted by molar-refractivity contribution is 0.0951. The summed E-state index contributed by atoms with van der Waals surface area (Å²) in [7, 11) is 0. The maximum absolute atomic E-state index is 12.4. The highest BCUT2D eigenvalue weighted by molar-refractivity contribution is 6.31. The molecule has 0 radical (unpaired) electrons. The number of amides is 1. The number of benzene rings is 1. The van der Waals surface area contributed by atoms with E-state index in [0.29, 0.717) is 24.0 Å². The first-order chi connectivity index (χ1) is 12.1. The molecule has 2 N–H and O–H groups in total. The van der Waals surface area contributed by atoms with Gasteiger partial charge in [0.1, 0.15) is 0 Å². The van der Waals surface area contributed by atoms with Crippen molar-refractivity contribution in [2.24, 2.45) is 0 Å². The van der Waals surface area contributed by atoms with Crippen molar-refractivity contribution in [1.82, 2.24) is 20.4 Å². The summed E-state index contributed by atoms with van der Waals surface area (Å²) >= 11 is 6.15. The Labute approximate surface area is 153 Å². The highest BCUT2D eigenvalue weighted by Gasteiger charge is 2.16. The largest absolute Gasteiger partial charge is 0.350 e. The molecule has 0 bridgehead atoms. The van der Waals surface area contributed by atoms with Crippen molar-refractivity contribution in [3.05, 3.63) is 51.8 Å². The van der Waals surface area contributed by atoms with Crippen LogP contribution in [0, 0.1) is 13.8 Å². The average molecular weight is 361 g/mol. The molecule has 2 heterocycles. The lowest BCUT2D eigenvalue weighted by atomic mass is 9.90. The van der Waals surface area contributed by atoms with Crippen LogP contribution in [0.15, 0.2) is 24.3 Å². The normalized spacial score (nSPS) is 17.5. The fourth-order valence-electron chi connectivity index (χ4n) is 3.34. The number of piperidine rings is 1. The summed E-state index contributed by atoms with van der Waals surface area (Å²) in [6.07, 6.45) is 2.36. The Kier molecular flexibility index (Phi) is 5.76. The highest BCUT2D eigenvalue weighted by atomic mass is 35.5. The van der Waals surface area contributed by atoms with Crippen molar-refractivity contribution in [2.45, 2.75) is 39.2 Å². The van der Waals surface area contributed by atoms with Crippen LogP contribution in [-0.4, -0.2) is 35.3 Å². The van der Waals surface area contributed by atoms with Gasteiger partial charge in [0, 0.05) is 18.7 Å². The van der Waals surface area contributed by atoms with Gasteiger partial charge < -0.3 is 10.6 Å². The van der Waals surface area contributed by atoms with E-state index in [1.165, 1.54) is 18.4 Å². The van der Waals surface area contributed by atoms with Gasteiger partial charge in [-0.15, -0.1) is 0 Å². The molecule has 134 valence electrons. The van der Waals surface area contributed by atoms with Crippen LogP contribution in [0.5, 0.6) is 0 Å². The molecule has 1 fully saturated rings. The molecule has 1 atom stereocenters. The maximum atomic E-state index is 12.4. The number of aromatic nitrogens is 2. The average Bonchev–Trinajstić information content (AvgIpc) is 2.89. The van der Waals surface area contributed by atoms with E-state index in [2.05, 4.69) is 21.8 Å². The number of aryl methyl sites for hydroxylation is 1. The molecule has 0 saturated carbocycles. The summed E-state index contributed by atoms with van der Waals surface area (Å²) in [5.41, 5.74) is 3.71. The third-order valence-electron chi connectivity index (χ3n) is 4.82. The van der Waals surface area contributed by atoms with Crippen LogP contribution in [0.1, 0.15) is 46.1 Å². The molecular weight excluding hydrogens is 336 g/mol. The molecule has 1 amide bonds. The predicted octanol–water partition coefficient (Wildman–Crippen LogP) is 3.05. The minimum Gasteiger partial charge on any atom is -0.350 e. The molecular formula is C19H25ClN4O. The van der Waals surface area contributed by atoms with E-state index in [1.807, 2.05) is 36.7 Å². The summed E-state index contributed by atoms with van der Waals surface area (Å²) in [5, 5.41) is 11.5. The van der Waals surface area contributed by atoms with Crippen molar-refractivity contribution < 1.29 is 4.79 Å². The van der Waals surface area contributed by atoms with Crippen molar-refractivity contribution in [3.63, 3.8) is 0 Å². The van der Waals surface area contributed by atoms with E-state index in [9.17, 15) is 4.79 Å². The molecule has 1 aliphatic heterocycles. The molecule has 0 unspecified atom stereocenters. The molecule has 6 heteroatoms. The Morgan fingerprint density at radius 3 is 2.96 bits per heavy atom. The number of nitrogens with zero attached hydrogens (tertiary/aromatic N) is 2. The van der Waals surface area contributed by atoms with E-state index in [1.54, 1.807) is 0 Å². The Morgan fingerprint density at radius 1 is 1.44 bits per heavy atom. The molecule has 1 saturated heterocycles. The second-order valence-electron chi connectivity index (χ2n) is 6.63. The highest BCUT2D eigenvalue weighted by Crippen LogP contribution is 2.24. The second-order valence-corrected chi connectivity index (χ2v) is 7.01. The molecule has 25 heavy (non-hydrogen) atoms. The van der Waals surface area contributed by atoms with Crippen molar-refractivity contribution >= 4 is 17.5 Å². The van der Waals surface area contributed by atoms with Crippen molar-refractivity contribution in [1.29, 1.82) is 0 Å². The third kappa shape index (κ3) is 4.22. The van der Waals surface area contributed by atoms with E-state index in [4.69, 9.17) is 11.6 Å². The van der Waals surface area contributed by atoms with Gasteiger partial charge >= 0.3 is 0 Å². The van der Waals surface area contributed by atoms with Gasteiger partial charge in [-0.25, -0.2) is 0 Å². The summed E-state index contributed by atoms with van der Waals surface area (Å²) < 4.78 is 1.84. The number of nitrogens with one attached hydrogen (secondary N) is 2. The Balaban J connectivity index is 1.58. The molecule has 0 spiro atoms. The van der Waals surface area contributed by atoms with Gasteiger partial charge in [0.25, 0.3) is 5.91 Å². The van der Waals surface area contributed by atoms with Crippen LogP contribution in [0.25, 0.3) is 0 Å². The van der Waals surface area contributed by atoms with Gasteiger partial charge in [0.15, 0.2) is 0 Å². The smallest absolute Gasteiger partial charge is 0.251 e. The van der Waals surface area contributed by atoms with Gasteiger partial charge in [-0.1, -0.05) is 23.7 Å². The van der Waals surface area contributed by atoms with Gasteiger partial charge in [-0.3, -0.25) is 9.48 Å². The lowest BCUT2D eigenvalue weighted by Crippen LogP contribution is -2.29. The first-order valence-corrected chi connectivity index (χ1v) is 9.22. The monoisotopic (exact) mass is 360 g/mol.